The molecule has 2 heteroatoms. The highest BCUT2D eigenvalue weighted by Crippen LogP contribution is 2.41. The monoisotopic (exact) mass is 260 g/mol. The third-order valence-corrected chi connectivity index (χ3v) is 4.59. The van der Waals surface area contributed by atoms with E-state index in [4.69, 9.17) is 0 Å². The van der Waals surface area contributed by atoms with Gasteiger partial charge in [-0.1, -0.05) is 32.3 Å². The molecule has 1 aromatic heterocycles. The van der Waals surface area contributed by atoms with Gasteiger partial charge in [0.15, 0.2) is 0 Å². The second-order valence-corrected chi connectivity index (χ2v) is 6.19. The molecule has 1 heterocycles. The lowest BCUT2D eigenvalue weighted by molar-refractivity contribution is 0.222. The molecule has 0 aromatic carbocycles. The Hall–Kier alpha value is -0.890. The molecule has 1 aliphatic rings. The number of hydrogen-bond acceptors (Lipinski definition) is 2. The van der Waals surface area contributed by atoms with E-state index in [1.807, 2.05) is 6.20 Å². The Morgan fingerprint density at radius 1 is 1.32 bits per heavy atom. The third-order valence-electron chi connectivity index (χ3n) is 4.59. The maximum absolute atomic E-state index is 4.40. The van der Waals surface area contributed by atoms with Crippen molar-refractivity contribution in [3.63, 3.8) is 0 Å². The summed E-state index contributed by atoms with van der Waals surface area (Å²) >= 11 is 0. The van der Waals surface area contributed by atoms with Crippen molar-refractivity contribution in [2.24, 2.45) is 11.8 Å². The molecular formula is C17H28N2. The number of nitrogens with one attached hydrogen (secondary N) is 1. The minimum Gasteiger partial charge on any atom is -0.319 e. The summed E-state index contributed by atoms with van der Waals surface area (Å²) in [6.45, 7) is 5.59. The van der Waals surface area contributed by atoms with E-state index < -0.39 is 0 Å². The lowest BCUT2D eigenvalue weighted by atomic mass is 9.70. The molecule has 1 aliphatic carbocycles. The van der Waals surface area contributed by atoms with Crippen molar-refractivity contribution in [1.82, 2.24) is 10.3 Å². The van der Waals surface area contributed by atoms with E-state index in [2.05, 4.69) is 43.5 Å². The first-order chi connectivity index (χ1) is 9.24. The van der Waals surface area contributed by atoms with Gasteiger partial charge in [0, 0.05) is 12.4 Å². The molecule has 1 N–H and O–H groups in total. The molecule has 0 amide bonds. The van der Waals surface area contributed by atoms with E-state index in [0.29, 0.717) is 5.92 Å². The van der Waals surface area contributed by atoms with Crippen LogP contribution >= 0.6 is 0 Å². The maximum atomic E-state index is 4.40. The fraction of sp³-hybridized carbons (Fsp3) is 0.706. The van der Waals surface area contributed by atoms with Gasteiger partial charge in [-0.25, -0.2) is 0 Å². The van der Waals surface area contributed by atoms with Crippen molar-refractivity contribution in [1.29, 1.82) is 0 Å². The summed E-state index contributed by atoms with van der Waals surface area (Å²) in [5.74, 6) is 2.40. The van der Waals surface area contributed by atoms with E-state index in [1.54, 1.807) is 0 Å². The lowest BCUT2D eigenvalue weighted by Gasteiger charge is -2.36. The van der Waals surface area contributed by atoms with Crippen molar-refractivity contribution >= 4 is 0 Å². The topological polar surface area (TPSA) is 24.9 Å². The maximum Gasteiger partial charge on any atom is 0.0303 e. The van der Waals surface area contributed by atoms with Crippen LogP contribution in [0.25, 0.3) is 0 Å². The summed E-state index contributed by atoms with van der Waals surface area (Å²) in [7, 11) is 2.07. The van der Waals surface area contributed by atoms with Crippen molar-refractivity contribution in [2.75, 3.05) is 13.6 Å². The smallest absolute Gasteiger partial charge is 0.0303 e. The molecule has 0 bridgehead atoms. The molecular weight excluding hydrogens is 232 g/mol. The van der Waals surface area contributed by atoms with Crippen LogP contribution in [0.5, 0.6) is 0 Å². The van der Waals surface area contributed by atoms with Crippen LogP contribution in [0.2, 0.25) is 0 Å². The Morgan fingerprint density at radius 3 is 2.84 bits per heavy atom. The van der Waals surface area contributed by atoms with Gasteiger partial charge in [0.2, 0.25) is 0 Å². The van der Waals surface area contributed by atoms with Crippen LogP contribution in [0.3, 0.4) is 0 Å². The molecule has 1 aromatic rings. The molecule has 0 saturated heterocycles. The molecule has 2 rings (SSSR count). The van der Waals surface area contributed by atoms with E-state index in [-0.39, 0.29) is 0 Å². The van der Waals surface area contributed by atoms with Crippen LogP contribution < -0.4 is 5.32 Å². The fourth-order valence-electron chi connectivity index (χ4n) is 3.69. The predicted octanol–water partition coefficient (Wildman–Crippen LogP) is 3.91. The fourth-order valence-corrected chi connectivity index (χ4v) is 3.69. The quantitative estimate of drug-likeness (QED) is 0.868. The Morgan fingerprint density at radius 2 is 2.16 bits per heavy atom. The Balaban J connectivity index is 2.15. The minimum absolute atomic E-state index is 0.699. The number of rotatable bonds is 5. The molecule has 3 unspecified atom stereocenters. The SMILES string of the molecule is CCCC1CCC(CNC)C(c2cncc(C)c2)C1. The van der Waals surface area contributed by atoms with Gasteiger partial charge in [0.05, 0.1) is 0 Å². The van der Waals surface area contributed by atoms with E-state index in [0.717, 1.165) is 18.4 Å². The Bertz CT molecular complexity index is 389. The molecule has 0 aliphatic heterocycles. The molecule has 1 saturated carbocycles. The van der Waals surface area contributed by atoms with E-state index in [1.165, 1.54) is 43.2 Å². The summed E-state index contributed by atoms with van der Waals surface area (Å²) in [4.78, 5) is 4.40. The van der Waals surface area contributed by atoms with Crippen LogP contribution in [0, 0.1) is 18.8 Å². The summed E-state index contributed by atoms with van der Waals surface area (Å²) < 4.78 is 0. The number of nitrogens with zero attached hydrogens (tertiary/aromatic N) is 1. The van der Waals surface area contributed by atoms with E-state index >= 15 is 0 Å². The van der Waals surface area contributed by atoms with E-state index in [9.17, 15) is 0 Å². The third kappa shape index (κ3) is 3.79. The number of aryl methyl sites for hydroxylation is 1. The van der Waals surface area contributed by atoms with Crippen LogP contribution in [0.1, 0.15) is 56.1 Å². The first-order valence-corrected chi connectivity index (χ1v) is 7.80. The molecule has 19 heavy (non-hydrogen) atoms. The predicted molar refractivity (Wildman–Crippen MR) is 81.4 cm³/mol. The second kappa shape index (κ2) is 7.04. The average Bonchev–Trinajstić information content (AvgIpc) is 2.41. The van der Waals surface area contributed by atoms with Gasteiger partial charge >= 0.3 is 0 Å². The first kappa shape index (κ1) is 14.5. The Labute approximate surface area is 118 Å². The summed E-state index contributed by atoms with van der Waals surface area (Å²) in [5, 5.41) is 3.38. The highest BCUT2D eigenvalue weighted by molar-refractivity contribution is 5.22. The molecule has 0 spiro atoms. The van der Waals surface area contributed by atoms with Crippen molar-refractivity contribution in [2.45, 2.75) is 51.9 Å². The zero-order chi connectivity index (χ0) is 13.7. The first-order valence-electron chi connectivity index (χ1n) is 7.80. The van der Waals surface area contributed by atoms with Crippen molar-refractivity contribution in [3.8, 4) is 0 Å². The lowest BCUT2D eigenvalue weighted by Crippen LogP contribution is -2.30. The van der Waals surface area contributed by atoms with Gasteiger partial charge in [0.1, 0.15) is 0 Å². The standard InChI is InChI=1S/C17H28N2/c1-4-5-14-6-7-15(11-18-3)17(9-14)16-8-13(2)10-19-12-16/h8,10,12,14-15,17-18H,4-7,9,11H2,1-3H3. The number of pyridine rings is 1. The summed E-state index contributed by atoms with van der Waals surface area (Å²) in [6.07, 6.45) is 10.9. The normalized spacial score (nSPS) is 27.4. The van der Waals surface area contributed by atoms with Gasteiger partial charge < -0.3 is 5.32 Å². The molecule has 2 nitrogen and oxygen atoms in total. The number of aromatic nitrogens is 1. The molecule has 3 atom stereocenters. The second-order valence-electron chi connectivity index (χ2n) is 6.19. The van der Waals surface area contributed by atoms with Gasteiger partial charge in [0.25, 0.3) is 0 Å². The van der Waals surface area contributed by atoms with Crippen LogP contribution in [-0.4, -0.2) is 18.6 Å². The average molecular weight is 260 g/mol. The molecule has 0 radical (unpaired) electrons. The van der Waals surface area contributed by atoms with Gasteiger partial charge in [-0.15, -0.1) is 0 Å². The van der Waals surface area contributed by atoms with Gasteiger partial charge in [-0.2, -0.15) is 0 Å². The summed E-state index contributed by atoms with van der Waals surface area (Å²) in [5.41, 5.74) is 2.75. The van der Waals surface area contributed by atoms with Crippen LogP contribution in [-0.2, 0) is 0 Å². The van der Waals surface area contributed by atoms with Gasteiger partial charge in [-0.3, -0.25) is 4.98 Å². The Kier molecular flexibility index (Phi) is 5.38. The molecule has 106 valence electrons. The highest BCUT2D eigenvalue weighted by atomic mass is 14.8. The number of hydrogen-bond donors (Lipinski definition) is 1. The zero-order valence-electron chi connectivity index (χ0n) is 12.7. The largest absolute Gasteiger partial charge is 0.319 e. The summed E-state index contributed by atoms with van der Waals surface area (Å²) in [6, 6.07) is 2.34. The zero-order valence-corrected chi connectivity index (χ0v) is 12.7. The van der Waals surface area contributed by atoms with Gasteiger partial charge in [-0.05, 0) is 62.2 Å². The highest BCUT2D eigenvalue weighted by Gasteiger charge is 2.30. The minimum atomic E-state index is 0.699. The van der Waals surface area contributed by atoms with Crippen LogP contribution in [0.15, 0.2) is 18.5 Å². The van der Waals surface area contributed by atoms with Crippen molar-refractivity contribution < 1.29 is 0 Å². The molecule has 1 fully saturated rings. The van der Waals surface area contributed by atoms with Crippen molar-refractivity contribution in [3.05, 3.63) is 29.6 Å². The van der Waals surface area contributed by atoms with Crippen LogP contribution in [0.4, 0.5) is 0 Å².